The molecule has 0 unspecified atom stereocenters. The molecule has 0 saturated heterocycles. The Kier molecular flexibility index (Phi) is 6.17. The summed E-state index contributed by atoms with van der Waals surface area (Å²) in [7, 11) is 0. The third-order valence-corrected chi connectivity index (χ3v) is 3.38. The normalized spacial score (nSPS) is 10.1. The molecule has 0 saturated carbocycles. The van der Waals surface area contributed by atoms with Crippen LogP contribution < -0.4 is 0 Å². The Hall–Kier alpha value is -0.430. The highest BCUT2D eigenvalue weighted by atomic mass is 32.1. The van der Waals surface area contributed by atoms with Crippen LogP contribution in [0, 0.1) is 41.5 Å². The molecule has 1 aromatic carbocycles. The Balaban J connectivity index is 0.000000487. The largest absolute Gasteiger partial charge is 0.177 e. The van der Waals surface area contributed by atoms with Gasteiger partial charge in [0, 0.05) is 0 Å². The third kappa shape index (κ3) is 3.86. The lowest BCUT2D eigenvalue weighted by Crippen LogP contribution is -1.98. The number of thiol groups is 1. The minimum atomic E-state index is 0.528. The maximum absolute atomic E-state index is 3.97. The molecule has 16 heavy (non-hydrogen) atoms. The molecule has 0 aliphatic heterocycles. The van der Waals surface area contributed by atoms with Gasteiger partial charge < -0.3 is 0 Å². The van der Waals surface area contributed by atoms with E-state index in [0.717, 1.165) is 0 Å². The maximum atomic E-state index is 3.97. The summed E-state index contributed by atoms with van der Waals surface area (Å²) in [6.07, 6.45) is 0. The van der Waals surface area contributed by atoms with Gasteiger partial charge in [-0.3, -0.25) is 0 Å². The Bertz CT molecular complexity index is 254. The van der Waals surface area contributed by atoms with Gasteiger partial charge in [0.15, 0.2) is 0 Å². The first-order valence-corrected chi connectivity index (χ1v) is 6.43. The Morgan fingerprint density at radius 3 is 0.688 bits per heavy atom. The zero-order valence-electron chi connectivity index (χ0n) is 12.0. The van der Waals surface area contributed by atoms with Gasteiger partial charge in [-0.1, -0.05) is 13.8 Å². The van der Waals surface area contributed by atoms with E-state index in [9.17, 15) is 0 Å². The van der Waals surface area contributed by atoms with Crippen molar-refractivity contribution in [3.63, 3.8) is 0 Å². The Morgan fingerprint density at radius 2 is 0.625 bits per heavy atom. The topological polar surface area (TPSA) is 0 Å². The number of hydrogen-bond donors (Lipinski definition) is 1. The molecule has 0 N–H and O–H groups in total. The average molecular weight is 238 g/mol. The summed E-state index contributed by atoms with van der Waals surface area (Å²) < 4.78 is 0. The summed E-state index contributed by atoms with van der Waals surface area (Å²) in [5.41, 5.74) is 8.73. The number of benzene rings is 1. The summed E-state index contributed by atoms with van der Waals surface area (Å²) in [4.78, 5) is 0. The van der Waals surface area contributed by atoms with Gasteiger partial charge in [-0.25, -0.2) is 0 Å². The lowest BCUT2D eigenvalue weighted by atomic mass is 9.90. The summed E-state index contributed by atoms with van der Waals surface area (Å²) in [6.45, 7) is 17.3. The lowest BCUT2D eigenvalue weighted by molar-refractivity contribution is 1.13. The van der Waals surface area contributed by atoms with Gasteiger partial charge in [0.2, 0.25) is 0 Å². The van der Waals surface area contributed by atoms with Crippen LogP contribution >= 0.6 is 12.6 Å². The number of rotatable bonds is 0. The van der Waals surface area contributed by atoms with Crippen molar-refractivity contribution < 1.29 is 0 Å². The van der Waals surface area contributed by atoms with Crippen LogP contribution in [0.3, 0.4) is 0 Å². The minimum absolute atomic E-state index is 0.528. The van der Waals surface area contributed by atoms with Gasteiger partial charge in [-0.05, 0) is 80.2 Å². The smallest absolute Gasteiger partial charge is 0.00399 e. The predicted octanol–water partition coefficient (Wildman–Crippen LogP) is 4.86. The van der Waals surface area contributed by atoms with Crippen LogP contribution in [0.25, 0.3) is 0 Å². The van der Waals surface area contributed by atoms with Crippen LogP contribution in [0.15, 0.2) is 0 Å². The van der Waals surface area contributed by atoms with E-state index >= 15 is 0 Å². The minimum Gasteiger partial charge on any atom is -0.177 e. The lowest BCUT2D eigenvalue weighted by Gasteiger charge is -2.15. The summed E-state index contributed by atoms with van der Waals surface area (Å²) in [5.74, 6) is 0. The molecule has 0 radical (unpaired) electrons. The first kappa shape index (κ1) is 15.6. The summed E-state index contributed by atoms with van der Waals surface area (Å²) in [6, 6.07) is 0. The third-order valence-electron chi connectivity index (χ3n) is 3.38. The van der Waals surface area contributed by atoms with Crippen LogP contribution in [-0.4, -0.2) is 5.25 Å². The standard InChI is InChI=1S/C12H18.C3H8S/c1-7-8(2)10(4)12(6)11(5)9(7)3;1-3(2)4/h1-6H3;3-4H,1-2H3. The van der Waals surface area contributed by atoms with E-state index in [1.54, 1.807) is 0 Å². The number of hydrogen-bond acceptors (Lipinski definition) is 1. The van der Waals surface area contributed by atoms with Gasteiger partial charge >= 0.3 is 0 Å². The Labute approximate surface area is 107 Å². The second kappa shape index (κ2) is 6.34. The second-order valence-corrected chi connectivity index (χ2v) is 5.88. The molecule has 0 nitrogen and oxygen atoms in total. The molecule has 0 spiro atoms. The first-order chi connectivity index (χ1) is 7.20. The predicted molar refractivity (Wildman–Crippen MR) is 79.0 cm³/mol. The molecule has 0 heterocycles. The molecule has 1 heteroatoms. The van der Waals surface area contributed by atoms with Crippen molar-refractivity contribution in [2.75, 3.05) is 0 Å². The molecular formula is C15H26S. The van der Waals surface area contributed by atoms with Crippen molar-refractivity contribution >= 4 is 12.6 Å². The fourth-order valence-corrected chi connectivity index (χ4v) is 1.69. The quantitative estimate of drug-likeness (QED) is 0.613. The van der Waals surface area contributed by atoms with Crippen molar-refractivity contribution in [1.29, 1.82) is 0 Å². The van der Waals surface area contributed by atoms with E-state index in [-0.39, 0.29) is 0 Å². The first-order valence-electron chi connectivity index (χ1n) is 5.91. The molecule has 0 aliphatic carbocycles. The highest BCUT2D eigenvalue weighted by Gasteiger charge is 2.07. The van der Waals surface area contributed by atoms with Gasteiger partial charge in [0.05, 0.1) is 0 Å². The molecule has 1 aromatic rings. The van der Waals surface area contributed by atoms with Gasteiger partial charge in [0.25, 0.3) is 0 Å². The summed E-state index contributed by atoms with van der Waals surface area (Å²) >= 11 is 3.97. The van der Waals surface area contributed by atoms with Crippen LogP contribution in [0.4, 0.5) is 0 Å². The summed E-state index contributed by atoms with van der Waals surface area (Å²) in [5, 5.41) is 0.528. The highest BCUT2D eigenvalue weighted by molar-refractivity contribution is 7.80. The second-order valence-electron chi connectivity index (χ2n) is 4.84. The van der Waals surface area contributed by atoms with Crippen LogP contribution in [-0.2, 0) is 0 Å². The van der Waals surface area contributed by atoms with Crippen LogP contribution in [0.5, 0.6) is 0 Å². The van der Waals surface area contributed by atoms with Gasteiger partial charge in [-0.15, -0.1) is 0 Å². The highest BCUT2D eigenvalue weighted by Crippen LogP contribution is 2.24. The van der Waals surface area contributed by atoms with E-state index in [2.05, 4.69) is 54.2 Å². The fourth-order valence-electron chi connectivity index (χ4n) is 1.69. The maximum Gasteiger partial charge on any atom is -0.00399 e. The van der Waals surface area contributed by atoms with Gasteiger partial charge in [0.1, 0.15) is 0 Å². The van der Waals surface area contributed by atoms with E-state index in [1.807, 2.05) is 13.8 Å². The van der Waals surface area contributed by atoms with E-state index in [0.29, 0.717) is 5.25 Å². The van der Waals surface area contributed by atoms with Crippen molar-refractivity contribution in [3.8, 4) is 0 Å². The molecule has 92 valence electrons. The van der Waals surface area contributed by atoms with E-state index in [1.165, 1.54) is 33.4 Å². The zero-order chi connectivity index (χ0) is 13.0. The van der Waals surface area contributed by atoms with E-state index < -0.39 is 0 Å². The fraction of sp³-hybridized carbons (Fsp3) is 0.600. The molecule has 0 atom stereocenters. The van der Waals surface area contributed by atoms with Crippen molar-refractivity contribution in [1.82, 2.24) is 0 Å². The van der Waals surface area contributed by atoms with E-state index in [4.69, 9.17) is 0 Å². The SMILES string of the molecule is CC(C)S.Cc1c(C)c(C)c(C)c(C)c1C. The Morgan fingerprint density at radius 1 is 0.562 bits per heavy atom. The molecule has 1 rings (SSSR count). The van der Waals surface area contributed by atoms with Crippen LogP contribution in [0.2, 0.25) is 0 Å². The van der Waals surface area contributed by atoms with Gasteiger partial charge in [-0.2, -0.15) is 12.6 Å². The molecule has 0 aromatic heterocycles. The molecule has 0 bridgehead atoms. The van der Waals surface area contributed by atoms with Crippen molar-refractivity contribution in [3.05, 3.63) is 33.4 Å². The molecule has 0 fully saturated rings. The van der Waals surface area contributed by atoms with Crippen LogP contribution in [0.1, 0.15) is 47.2 Å². The zero-order valence-corrected chi connectivity index (χ0v) is 12.9. The van der Waals surface area contributed by atoms with Crippen molar-refractivity contribution in [2.24, 2.45) is 0 Å². The molecule has 0 aliphatic rings. The molecule has 0 amide bonds. The molecular weight excluding hydrogens is 212 g/mol. The monoisotopic (exact) mass is 238 g/mol. The van der Waals surface area contributed by atoms with Crippen molar-refractivity contribution in [2.45, 2.75) is 60.6 Å². The average Bonchev–Trinajstić information content (AvgIpc) is 2.20.